The molecule has 0 radical (unpaired) electrons. The molecule has 3 aliphatic rings. The Morgan fingerprint density at radius 1 is 1.30 bits per heavy atom. The van der Waals surface area contributed by atoms with Gasteiger partial charge in [-0.15, -0.1) is 12.4 Å². The van der Waals surface area contributed by atoms with Gasteiger partial charge < -0.3 is 15.4 Å². The van der Waals surface area contributed by atoms with Gasteiger partial charge in [0.05, 0.1) is 6.10 Å². The first-order valence-corrected chi connectivity index (χ1v) is 9.36. The van der Waals surface area contributed by atoms with Crippen molar-refractivity contribution in [2.75, 3.05) is 19.7 Å². The lowest BCUT2D eigenvalue weighted by Crippen LogP contribution is -2.65. The molecule has 4 nitrogen and oxygen atoms in total. The molecule has 1 aliphatic heterocycles. The van der Waals surface area contributed by atoms with Crippen LogP contribution in [0.5, 0.6) is 0 Å². The van der Waals surface area contributed by atoms with Crippen molar-refractivity contribution in [1.82, 2.24) is 10.6 Å². The van der Waals surface area contributed by atoms with E-state index in [1.165, 1.54) is 38.5 Å². The third kappa shape index (κ3) is 4.21. The number of carbonyl (C=O) groups excluding carboxylic acids is 1. The Morgan fingerprint density at radius 2 is 2.09 bits per heavy atom. The largest absolute Gasteiger partial charge is 0.378 e. The molecule has 1 saturated heterocycles. The van der Waals surface area contributed by atoms with E-state index in [0.717, 1.165) is 32.5 Å². The van der Waals surface area contributed by atoms with Crippen molar-refractivity contribution in [3.63, 3.8) is 0 Å². The summed E-state index contributed by atoms with van der Waals surface area (Å²) in [7, 11) is 0. The number of amides is 1. The smallest absolute Gasteiger partial charge is 0.220 e. The van der Waals surface area contributed by atoms with Gasteiger partial charge >= 0.3 is 0 Å². The SMILES string of the molecule is CCOC1CC(NC(=O)CCC2CCNC2)C12CCCCC2.Cl. The lowest BCUT2D eigenvalue weighted by molar-refractivity contribution is -0.157. The number of nitrogens with one attached hydrogen (secondary N) is 2. The van der Waals surface area contributed by atoms with Crippen LogP contribution >= 0.6 is 12.4 Å². The Bertz CT molecular complexity index is 379. The molecule has 3 unspecified atom stereocenters. The molecular weight excluding hydrogens is 312 g/mol. The third-order valence-corrected chi connectivity index (χ3v) is 6.21. The summed E-state index contributed by atoms with van der Waals surface area (Å²) in [4.78, 5) is 12.3. The first-order chi connectivity index (χ1) is 10.7. The summed E-state index contributed by atoms with van der Waals surface area (Å²) in [6.45, 7) is 5.08. The first kappa shape index (κ1) is 19.0. The van der Waals surface area contributed by atoms with E-state index in [-0.39, 0.29) is 23.7 Å². The lowest BCUT2D eigenvalue weighted by atomic mass is 9.55. The first-order valence-electron chi connectivity index (χ1n) is 9.36. The van der Waals surface area contributed by atoms with Crippen LogP contribution in [0, 0.1) is 11.3 Å². The maximum Gasteiger partial charge on any atom is 0.220 e. The van der Waals surface area contributed by atoms with Gasteiger partial charge in [0.15, 0.2) is 0 Å². The Hall–Kier alpha value is -0.320. The molecule has 0 aromatic rings. The van der Waals surface area contributed by atoms with Crippen molar-refractivity contribution < 1.29 is 9.53 Å². The van der Waals surface area contributed by atoms with Crippen LogP contribution < -0.4 is 10.6 Å². The average Bonchev–Trinajstić information content (AvgIpc) is 3.06. The zero-order valence-electron chi connectivity index (χ0n) is 14.4. The van der Waals surface area contributed by atoms with Crippen LogP contribution in [0.4, 0.5) is 0 Å². The van der Waals surface area contributed by atoms with E-state index in [1.807, 2.05) is 0 Å². The summed E-state index contributed by atoms with van der Waals surface area (Å²) in [5, 5.41) is 6.73. The van der Waals surface area contributed by atoms with E-state index in [1.54, 1.807) is 0 Å². The topological polar surface area (TPSA) is 50.4 Å². The molecule has 3 atom stereocenters. The Kier molecular flexibility index (Phi) is 7.18. The number of hydrogen-bond donors (Lipinski definition) is 2. The third-order valence-electron chi connectivity index (χ3n) is 6.21. The molecule has 2 N–H and O–H groups in total. The van der Waals surface area contributed by atoms with Crippen LogP contribution in [0.2, 0.25) is 0 Å². The zero-order chi connectivity index (χ0) is 15.4. The fourth-order valence-corrected chi connectivity index (χ4v) is 4.83. The predicted octanol–water partition coefficient (Wildman–Crippen LogP) is 3.04. The number of rotatable bonds is 6. The van der Waals surface area contributed by atoms with Crippen LogP contribution in [0.3, 0.4) is 0 Å². The second-order valence-electron chi connectivity index (χ2n) is 7.49. The van der Waals surface area contributed by atoms with Gasteiger partial charge in [0.2, 0.25) is 5.91 Å². The molecule has 3 fully saturated rings. The molecule has 2 aliphatic carbocycles. The molecule has 1 spiro atoms. The van der Waals surface area contributed by atoms with Gasteiger partial charge in [-0.05, 0) is 58.0 Å². The van der Waals surface area contributed by atoms with Crippen molar-refractivity contribution in [2.45, 2.75) is 76.9 Å². The predicted molar refractivity (Wildman–Crippen MR) is 94.9 cm³/mol. The van der Waals surface area contributed by atoms with E-state index >= 15 is 0 Å². The fourth-order valence-electron chi connectivity index (χ4n) is 4.83. The van der Waals surface area contributed by atoms with E-state index in [9.17, 15) is 4.79 Å². The van der Waals surface area contributed by atoms with Gasteiger partial charge in [-0.25, -0.2) is 0 Å². The van der Waals surface area contributed by atoms with E-state index in [2.05, 4.69) is 17.6 Å². The molecule has 0 aromatic carbocycles. The van der Waals surface area contributed by atoms with Crippen LogP contribution in [-0.4, -0.2) is 37.7 Å². The molecule has 3 rings (SSSR count). The highest BCUT2D eigenvalue weighted by molar-refractivity contribution is 5.85. The quantitative estimate of drug-likeness (QED) is 0.778. The minimum Gasteiger partial charge on any atom is -0.378 e. The Balaban J connectivity index is 0.00000192. The van der Waals surface area contributed by atoms with Gasteiger partial charge in [0, 0.05) is 24.5 Å². The number of ether oxygens (including phenoxy) is 1. The van der Waals surface area contributed by atoms with Crippen LogP contribution in [0.15, 0.2) is 0 Å². The standard InChI is InChI=1S/C18H32N2O2.ClH/c1-2-22-16-12-15(18(16)9-4-3-5-10-18)20-17(21)7-6-14-8-11-19-13-14;/h14-16,19H,2-13H2,1H3,(H,20,21);1H. The van der Waals surface area contributed by atoms with Crippen LogP contribution in [-0.2, 0) is 9.53 Å². The Labute approximate surface area is 146 Å². The molecule has 1 heterocycles. The molecule has 23 heavy (non-hydrogen) atoms. The monoisotopic (exact) mass is 344 g/mol. The molecule has 0 bridgehead atoms. The summed E-state index contributed by atoms with van der Waals surface area (Å²) >= 11 is 0. The number of halogens is 1. The fraction of sp³-hybridized carbons (Fsp3) is 0.944. The average molecular weight is 345 g/mol. The summed E-state index contributed by atoms with van der Waals surface area (Å²) in [6.07, 6.45) is 10.7. The van der Waals surface area contributed by atoms with E-state index in [4.69, 9.17) is 4.74 Å². The van der Waals surface area contributed by atoms with Crippen molar-refractivity contribution >= 4 is 18.3 Å². The molecule has 2 saturated carbocycles. The lowest BCUT2D eigenvalue weighted by Gasteiger charge is -2.57. The van der Waals surface area contributed by atoms with Crippen molar-refractivity contribution in [3.05, 3.63) is 0 Å². The van der Waals surface area contributed by atoms with Gasteiger partial charge in [-0.1, -0.05) is 19.3 Å². The minimum atomic E-state index is 0. The highest BCUT2D eigenvalue weighted by Crippen LogP contribution is 2.53. The zero-order valence-corrected chi connectivity index (χ0v) is 15.3. The normalized spacial score (nSPS) is 32.1. The highest BCUT2D eigenvalue weighted by Gasteiger charge is 2.55. The Morgan fingerprint density at radius 3 is 2.74 bits per heavy atom. The molecule has 0 aromatic heterocycles. The van der Waals surface area contributed by atoms with Crippen LogP contribution in [0.1, 0.15) is 64.7 Å². The summed E-state index contributed by atoms with van der Waals surface area (Å²) in [6, 6.07) is 0.360. The molecule has 5 heteroatoms. The van der Waals surface area contributed by atoms with Gasteiger partial charge in [-0.3, -0.25) is 4.79 Å². The van der Waals surface area contributed by atoms with Crippen molar-refractivity contribution in [2.24, 2.45) is 11.3 Å². The van der Waals surface area contributed by atoms with E-state index < -0.39 is 0 Å². The van der Waals surface area contributed by atoms with Crippen LogP contribution in [0.25, 0.3) is 0 Å². The summed E-state index contributed by atoms with van der Waals surface area (Å²) in [5.74, 6) is 0.962. The second-order valence-corrected chi connectivity index (χ2v) is 7.49. The molecule has 134 valence electrons. The molecular formula is C18H33ClN2O2. The maximum atomic E-state index is 12.3. The minimum absolute atomic E-state index is 0. The number of hydrogen-bond acceptors (Lipinski definition) is 3. The van der Waals surface area contributed by atoms with Gasteiger partial charge in [-0.2, -0.15) is 0 Å². The van der Waals surface area contributed by atoms with Crippen molar-refractivity contribution in [1.29, 1.82) is 0 Å². The van der Waals surface area contributed by atoms with Crippen molar-refractivity contribution in [3.8, 4) is 0 Å². The summed E-state index contributed by atoms with van der Waals surface area (Å²) < 4.78 is 5.96. The van der Waals surface area contributed by atoms with Gasteiger partial charge in [0.25, 0.3) is 0 Å². The summed E-state index contributed by atoms with van der Waals surface area (Å²) in [5.41, 5.74) is 0.249. The maximum absolute atomic E-state index is 12.3. The number of carbonyl (C=O) groups is 1. The van der Waals surface area contributed by atoms with E-state index in [0.29, 0.717) is 24.5 Å². The van der Waals surface area contributed by atoms with Gasteiger partial charge in [0.1, 0.15) is 0 Å². The highest BCUT2D eigenvalue weighted by atomic mass is 35.5. The molecule has 1 amide bonds. The second kappa shape index (κ2) is 8.68.